The summed E-state index contributed by atoms with van der Waals surface area (Å²) in [7, 11) is 0. The molecule has 0 radical (unpaired) electrons. The molecular formula is C13H10F2N4O. The molecule has 2 aromatic heterocycles. The predicted octanol–water partition coefficient (Wildman–Crippen LogP) is 2.13. The molecule has 0 aliphatic rings. The fourth-order valence-electron chi connectivity index (χ4n) is 2.03. The molecule has 0 spiro atoms. The van der Waals surface area contributed by atoms with E-state index in [1.165, 1.54) is 17.0 Å². The third-order valence-corrected chi connectivity index (χ3v) is 2.97. The van der Waals surface area contributed by atoms with Gasteiger partial charge in [-0.15, -0.1) is 10.2 Å². The molecule has 0 N–H and O–H groups in total. The van der Waals surface area contributed by atoms with E-state index in [0.717, 1.165) is 9.96 Å². The van der Waals surface area contributed by atoms with Crippen LogP contribution in [0.25, 0.3) is 11.3 Å². The van der Waals surface area contributed by atoms with Gasteiger partial charge in [0.15, 0.2) is 0 Å². The Kier molecular flexibility index (Phi) is 2.81. The Bertz CT molecular complexity index is 838. The zero-order valence-electron chi connectivity index (χ0n) is 10.5. The van der Waals surface area contributed by atoms with Crippen LogP contribution in [0.5, 0.6) is 0 Å². The van der Waals surface area contributed by atoms with Gasteiger partial charge < -0.3 is 0 Å². The van der Waals surface area contributed by atoms with Gasteiger partial charge in [-0.2, -0.15) is 0 Å². The van der Waals surface area contributed by atoms with Gasteiger partial charge in [0.25, 0.3) is 6.43 Å². The average molecular weight is 276 g/mol. The van der Waals surface area contributed by atoms with Gasteiger partial charge in [-0.25, -0.2) is 8.78 Å². The molecule has 5 nitrogen and oxygen atoms in total. The first-order valence-corrected chi connectivity index (χ1v) is 5.89. The molecule has 0 saturated heterocycles. The van der Waals surface area contributed by atoms with Gasteiger partial charge in [0, 0.05) is 18.1 Å². The van der Waals surface area contributed by atoms with Gasteiger partial charge in [0.05, 0.1) is 0 Å². The maximum absolute atomic E-state index is 12.7. The number of halogens is 2. The molecule has 0 aliphatic heterocycles. The van der Waals surface area contributed by atoms with Gasteiger partial charge in [0.2, 0.25) is 11.5 Å². The van der Waals surface area contributed by atoms with Crippen molar-refractivity contribution >= 4 is 5.65 Å². The summed E-state index contributed by atoms with van der Waals surface area (Å²) < 4.78 is 27.8. The van der Waals surface area contributed by atoms with Crippen LogP contribution in [0.3, 0.4) is 0 Å². The molecule has 1 aromatic carbocycles. The second kappa shape index (κ2) is 4.52. The number of hydrogen-bond acceptors (Lipinski definition) is 3. The first-order chi connectivity index (χ1) is 9.58. The van der Waals surface area contributed by atoms with E-state index in [2.05, 4.69) is 10.2 Å². The van der Waals surface area contributed by atoms with Crippen LogP contribution in [-0.2, 0) is 0 Å². The summed E-state index contributed by atoms with van der Waals surface area (Å²) in [6.07, 6.45) is 0.0131. The van der Waals surface area contributed by atoms with Crippen molar-refractivity contribution in [3.63, 3.8) is 0 Å². The van der Waals surface area contributed by atoms with Crippen molar-refractivity contribution in [2.75, 3.05) is 0 Å². The molecule has 3 aromatic rings. The lowest BCUT2D eigenvalue weighted by molar-refractivity contribution is 0.139. The first kappa shape index (κ1) is 12.5. The number of aromatic nitrogens is 4. The SMILES string of the molecule is Cc1cccc(-n2ccn3c(C(F)F)nnc3c2=O)c1. The molecule has 0 amide bonds. The van der Waals surface area contributed by atoms with Crippen LogP contribution < -0.4 is 5.56 Å². The summed E-state index contributed by atoms with van der Waals surface area (Å²) in [5, 5.41) is 6.91. The second-order valence-electron chi connectivity index (χ2n) is 4.36. The summed E-state index contributed by atoms with van der Waals surface area (Å²) in [4.78, 5) is 12.3. The zero-order chi connectivity index (χ0) is 14.3. The molecule has 2 heterocycles. The van der Waals surface area contributed by atoms with E-state index in [0.29, 0.717) is 5.69 Å². The van der Waals surface area contributed by atoms with Crippen molar-refractivity contribution < 1.29 is 8.78 Å². The van der Waals surface area contributed by atoms with Gasteiger partial charge in [-0.05, 0) is 24.6 Å². The fraction of sp³-hybridized carbons (Fsp3) is 0.154. The Balaban J connectivity index is 2.25. The first-order valence-electron chi connectivity index (χ1n) is 5.89. The van der Waals surface area contributed by atoms with Crippen molar-refractivity contribution in [3.8, 4) is 5.69 Å². The Morgan fingerprint density at radius 3 is 2.70 bits per heavy atom. The minimum atomic E-state index is -2.78. The van der Waals surface area contributed by atoms with Gasteiger partial charge in [-0.1, -0.05) is 12.1 Å². The molecule has 0 atom stereocenters. The highest BCUT2D eigenvalue weighted by molar-refractivity contribution is 5.42. The lowest BCUT2D eigenvalue weighted by Crippen LogP contribution is -2.20. The number of alkyl halides is 2. The number of benzene rings is 1. The molecule has 7 heteroatoms. The summed E-state index contributed by atoms with van der Waals surface area (Å²) in [6, 6.07) is 7.30. The quantitative estimate of drug-likeness (QED) is 0.720. The van der Waals surface area contributed by atoms with Crippen molar-refractivity contribution in [1.29, 1.82) is 0 Å². The van der Waals surface area contributed by atoms with Crippen molar-refractivity contribution in [3.05, 3.63) is 58.4 Å². The van der Waals surface area contributed by atoms with Crippen molar-refractivity contribution in [1.82, 2.24) is 19.2 Å². The van der Waals surface area contributed by atoms with Crippen LogP contribution in [0.1, 0.15) is 17.8 Å². The lowest BCUT2D eigenvalue weighted by Gasteiger charge is -2.07. The summed E-state index contributed by atoms with van der Waals surface area (Å²) in [5.41, 5.74) is 1.03. The van der Waals surface area contributed by atoms with E-state index in [1.54, 1.807) is 6.07 Å². The van der Waals surface area contributed by atoms with Gasteiger partial charge >= 0.3 is 5.56 Å². The maximum atomic E-state index is 12.7. The predicted molar refractivity (Wildman–Crippen MR) is 68.3 cm³/mol. The minimum Gasteiger partial charge on any atom is -0.280 e. The molecule has 3 rings (SSSR count). The minimum absolute atomic E-state index is 0.121. The van der Waals surface area contributed by atoms with E-state index in [-0.39, 0.29) is 5.65 Å². The standard InChI is InChI=1S/C13H10F2N4O/c1-8-3-2-4-9(7-8)18-5-6-19-11(10(14)15)16-17-12(19)13(18)20/h2-7,10H,1H3. The molecule has 20 heavy (non-hydrogen) atoms. The highest BCUT2D eigenvalue weighted by Gasteiger charge is 2.18. The Hall–Kier alpha value is -2.57. The van der Waals surface area contributed by atoms with Crippen LogP contribution >= 0.6 is 0 Å². The maximum Gasteiger partial charge on any atom is 0.300 e. The van der Waals surface area contributed by atoms with Crippen LogP contribution in [0.4, 0.5) is 8.78 Å². The topological polar surface area (TPSA) is 52.2 Å². The van der Waals surface area contributed by atoms with E-state index in [9.17, 15) is 13.6 Å². The van der Waals surface area contributed by atoms with Crippen LogP contribution in [0.2, 0.25) is 0 Å². The number of rotatable bonds is 2. The van der Waals surface area contributed by atoms with Crippen molar-refractivity contribution in [2.45, 2.75) is 13.3 Å². The van der Waals surface area contributed by atoms with Gasteiger partial charge in [0.1, 0.15) is 0 Å². The number of fused-ring (bicyclic) bond motifs is 1. The Morgan fingerprint density at radius 1 is 1.20 bits per heavy atom. The summed E-state index contributed by atoms with van der Waals surface area (Å²) in [5.74, 6) is -0.534. The molecule has 0 bridgehead atoms. The third-order valence-electron chi connectivity index (χ3n) is 2.97. The highest BCUT2D eigenvalue weighted by Crippen LogP contribution is 2.16. The molecule has 0 saturated carbocycles. The second-order valence-corrected chi connectivity index (χ2v) is 4.36. The lowest BCUT2D eigenvalue weighted by atomic mass is 10.2. The largest absolute Gasteiger partial charge is 0.300 e. The van der Waals surface area contributed by atoms with Crippen LogP contribution in [0.15, 0.2) is 41.5 Å². The fourth-order valence-corrected chi connectivity index (χ4v) is 2.03. The number of aryl methyl sites for hydroxylation is 1. The molecule has 0 unspecified atom stereocenters. The summed E-state index contributed by atoms with van der Waals surface area (Å²) in [6.45, 7) is 1.90. The molecule has 0 fully saturated rings. The number of hydrogen-bond donors (Lipinski definition) is 0. The van der Waals surface area contributed by atoms with E-state index >= 15 is 0 Å². The molecular weight excluding hydrogens is 266 g/mol. The normalized spacial score (nSPS) is 11.4. The highest BCUT2D eigenvalue weighted by atomic mass is 19.3. The summed E-state index contributed by atoms with van der Waals surface area (Å²) >= 11 is 0. The van der Waals surface area contributed by atoms with Crippen LogP contribution in [-0.4, -0.2) is 19.2 Å². The third kappa shape index (κ3) is 1.87. The average Bonchev–Trinajstić information content (AvgIpc) is 2.84. The molecule has 0 aliphatic carbocycles. The van der Waals surface area contributed by atoms with Gasteiger partial charge in [-0.3, -0.25) is 13.8 Å². The zero-order valence-corrected chi connectivity index (χ0v) is 10.5. The van der Waals surface area contributed by atoms with E-state index in [4.69, 9.17) is 0 Å². The monoisotopic (exact) mass is 276 g/mol. The molecule has 102 valence electrons. The number of nitrogens with zero attached hydrogens (tertiary/aromatic N) is 4. The van der Waals surface area contributed by atoms with Crippen molar-refractivity contribution in [2.24, 2.45) is 0 Å². The smallest absolute Gasteiger partial charge is 0.280 e. The van der Waals surface area contributed by atoms with Crippen LogP contribution in [0, 0.1) is 6.92 Å². The Morgan fingerprint density at radius 2 is 2.00 bits per heavy atom. The van der Waals surface area contributed by atoms with E-state index in [1.807, 2.05) is 25.1 Å². The van der Waals surface area contributed by atoms with E-state index < -0.39 is 17.8 Å². The Labute approximate surface area is 112 Å².